The summed E-state index contributed by atoms with van der Waals surface area (Å²) in [5.41, 5.74) is 1.33. The van der Waals surface area contributed by atoms with Gasteiger partial charge in [0.15, 0.2) is 0 Å². The predicted octanol–water partition coefficient (Wildman–Crippen LogP) is 2.50. The summed E-state index contributed by atoms with van der Waals surface area (Å²) in [7, 11) is 1.59. The second-order valence-electron chi connectivity index (χ2n) is 6.30. The van der Waals surface area contributed by atoms with Crippen LogP contribution in [0.2, 0.25) is 0 Å². The SMILES string of the molecule is COc1ccccc1CN1C[C@H](C(=O)NCc2ccccc2F)CC1=O. The molecule has 26 heavy (non-hydrogen) atoms. The maximum Gasteiger partial charge on any atom is 0.225 e. The van der Waals surface area contributed by atoms with Gasteiger partial charge in [-0.15, -0.1) is 0 Å². The van der Waals surface area contributed by atoms with Crippen LogP contribution in [-0.2, 0) is 22.7 Å². The van der Waals surface area contributed by atoms with Gasteiger partial charge in [-0.25, -0.2) is 4.39 Å². The first-order chi connectivity index (χ1) is 12.6. The van der Waals surface area contributed by atoms with Crippen molar-refractivity contribution in [3.8, 4) is 5.75 Å². The first-order valence-electron chi connectivity index (χ1n) is 8.49. The summed E-state index contributed by atoms with van der Waals surface area (Å²) in [5, 5.41) is 2.73. The smallest absolute Gasteiger partial charge is 0.225 e. The van der Waals surface area contributed by atoms with Crippen molar-refractivity contribution in [3.05, 3.63) is 65.5 Å². The Balaban J connectivity index is 1.58. The fraction of sp³-hybridized carbons (Fsp3) is 0.300. The molecule has 5 nitrogen and oxygen atoms in total. The predicted molar refractivity (Wildman–Crippen MR) is 94.8 cm³/mol. The van der Waals surface area contributed by atoms with Gasteiger partial charge in [-0.05, 0) is 12.1 Å². The van der Waals surface area contributed by atoms with Crippen LogP contribution in [0.15, 0.2) is 48.5 Å². The van der Waals surface area contributed by atoms with Gasteiger partial charge in [0.05, 0.1) is 13.0 Å². The molecule has 6 heteroatoms. The first-order valence-corrected chi connectivity index (χ1v) is 8.49. The van der Waals surface area contributed by atoms with Gasteiger partial charge in [-0.3, -0.25) is 9.59 Å². The maximum atomic E-state index is 13.6. The second-order valence-corrected chi connectivity index (χ2v) is 6.30. The topological polar surface area (TPSA) is 58.6 Å². The number of carbonyl (C=O) groups is 2. The molecule has 136 valence electrons. The summed E-state index contributed by atoms with van der Waals surface area (Å²) in [6.45, 7) is 0.864. The molecule has 0 aromatic heterocycles. The molecule has 1 fully saturated rings. The highest BCUT2D eigenvalue weighted by Gasteiger charge is 2.34. The van der Waals surface area contributed by atoms with Crippen molar-refractivity contribution in [2.75, 3.05) is 13.7 Å². The average Bonchev–Trinajstić information content (AvgIpc) is 3.02. The standard InChI is InChI=1S/C20H21FN2O3/c1-26-18-9-5-3-7-15(18)12-23-13-16(10-19(23)24)20(25)22-11-14-6-2-4-8-17(14)21/h2-9,16H,10-13H2,1H3,(H,22,25)/t16-/m1/s1. The van der Waals surface area contributed by atoms with E-state index in [-0.39, 0.29) is 30.6 Å². The average molecular weight is 356 g/mol. The molecule has 3 rings (SSSR count). The number of nitrogens with zero attached hydrogens (tertiary/aromatic N) is 1. The number of amides is 2. The van der Waals surface area contributed by atoms with Crippen molar-refractivity contribution in [2.45, 2.75) is 19.5 Å². The molecule has 1 atom stereocenters. The van der Waals surface area contributed by atoms with Gasteiger partial charge < -0.3 is 15.0 Å². The van der Waals surface area contributed by atoms with Crippen LogP contribution in [0.3, 0.4) is 0 Å². The molecule has 0 unspecified atom stereocenters. The largest absolute Gasteiger partial charge is 0.496 e. The lowest BCUT2D eigenvalue weighted by molar-refractivity contribution is -0.129. The Morgan fingerprint density at radius 1 is 1.19 bits per heavy atom. The van der Waals surface area contributed by atoms with E-state index in [9.17, 15) is 14.0 Å². The molecule has 0 radical (unpaired) electrons. The summed E-state index contributed by atoms with van der Waals surface area (Å²) in [6, 6.07) is 13.8. The Hall–Kier alpha value is -2.89. The summed E-state index contributed by atoms with van der Waals surface area (Å²) >= 11 is 0. The molecule has 1 heterocycles. The molecule has 1 aliphatic rings. The minimum Gasteiger partial charge on any atom is -0.496 e. The lowest BCUT2D eigenvalue weighted by atomic mass is 10.1. The van der Waals surface area contributed by atoms with E-state index in [2.05, 4.69) is 5.32 Å². The molecule has 1 aliphatic heterocycles. The van der Waals surface area contributed by atoms with Gasteiger partial charge >= 0.3 is 0 Å². The number of ether oxygens (including phenoxy) is 1. The molecule has 0 bridgehead atoms. The number of benzene rings is 2. The molecule has 1 saturated heterocycles. The Kier molecular flexibility index (Phi) is 5.51. The van der Waals surface area contributed by atoms with E-state index in [1.54, 1.807) is 30.2 Å². The van der Waals surface area contributed by atoms with Crippen molar-refractivity contribution in [1.29, 1.82) is 0 Å². The number of nitrogens with one attached hydrogen (secondary N) is 1. The van der Waals surface area contributed by atoms with Crippen LogP contribution < -0.4 is 10.1 Å². The van der Waals surface area contributed by atoms with Gasteiger partial charge in [0.25, 0.3) is 0 Å². The number of rotatable bonds is 6. The zero-order chi connectivity index (χ0) is 18.5. The van der Waals surface area contributed by atoms with Gasteiger partial charge in [-0.1, -0.05) is 36.4 Å². The van der Waals surface area contributed by atoms with Crippen LogP contribution in [-0.4, -0.2) is 30.4 Å². The van der Waals surface area contributed by atoms with Gasteiger partial charge in [0, 0.05) is 37.2 Å². The fourth-order valence-electron chi connectivity index (χ4n) is 3.11. The zero-order valence-electron chi connectivity index (χ0n) is 14.6. The summed E-state index contributed by atoms with van der Waals surface area (Å²) in [5.74, 6) is -0.365. The van der Waals surface area contributed by atoms with E-state index in [1.807, 2.05) is 24.3 Å². The van der Waals surface area contributed by atoms with Crippen LogP contribution in [0.25, 0.3) is 0 Å². The number of likely N-dealkylation sites (tertiary alicyclic amines) is 1. The van der Waals surface area contributed by atoms with Gasteiger partial charge in [0.2, 0.25) is 11.8 Å². The highest BCUT2D eigenvalue weighted by atomic mass is 19.1. The molecule has 2 amide bonds. The molecule has 0 saturated carbocycles. The number of halogens is 1. The van der Waals surface area contributed by atoms with Gasteiger partial charge in [-0.2, -0.15) is 0 Å². The minimum atomic E-state index is -0.427. The number of methoxy groups -OCH3 is 1. The zero-order valence-corrected chi connectivity index (χ0v) is 14.6. The van der Waals surface area contributed by atoms with E-state index >= 15 is 0 Å². The lowest BCUT2D eigenvalue weighted by Gasteiger charge is -2.18. The van der Waals surface area contributed by atoms with Crippen molar-refractivity contribution in [1.82, 2.24) is 10.2 Å². The van der Waals surface area contributed by atoms with Gasteiger partial charge in [0.1, 0.15) is 11.6 Å². The van der Waals surface area contributed by atoms with Crippen molar-refractivity contribution in [3.63, 3.8) is 0 Å². The highest BCUT2D eigenvalue weighted by molar-refractivity contribution is 5.89. The number of carbonyl (C=O) groups excluding carboxylic acids is 2. The fourth-order valence-corrected chi connectivity index (χ4v) is 3.11. The van der Waals surface area contributed by atoms with Crippen molar-refractivity contribution >= 4 is 11.8 Å². The minimum absolute atomic E-state index is 0.0676. The Morgan fingerprint density at radius 3 is 2.62 bits per heavy atom. The van der Waals surface area contributed by atoms with E-state index in [1.165, 1.54) is 6.07 Å². The van der Waals surface area contributed by atoms with Crippen LogP contribution in [0, 0.1) is 11.7 Å². The normalized spacial score (nSPS) is 16.6. The third-order valence-electron chi connectivity index (χ3n) is 4.55. The Morgan fingerprint density at radius 2 is 1.88 bits per heavy atom. The summed E-state index contributed by atoms with van der Waals surface area (Å²) in [6.07, 6.45) is 0.165. The Bertz CT molecular complexity index is 809. The maximum absolute atomic E-state index is 13.6. The van der Waals surface area contributed by atoms with E-state index < -0.39 is 5.92 Å². The third kappa shape index (κ3) is 4.02. The molecular formula is C20H21FN2O3. The quantitative estimate of drug-likeness (QED) is 0.865. The molecule has 1 N–H and O–H groups in total. The summed E-state index contributed by atoms with van der Waals surface area (Å²) < 4.78 is 18.9. The lowest BCUT2D eigenvalue weighted by Crippen LogP contribution is -2.32. The number of para-hydroxylation sites is 1. The second kappa shape index (κ2) is 7.99. The Labute approximate surface area is 151 Å². The number of hydrogen-bond acceptors (Lipinski definition) is 3. The van der Waals surface area contributed by atoms with Crippen LogP contribution in [0.1, 0.15) is 17.5 Å². The molecule has 2 aromatic carbocycles. The van der Waals surface area contributed by atoms with Crippen molar-refractivity contribution < 1.29 is 18.7 Å². The van der Waals surface area contributed by atoms with Crippen LogP contribution >= 0.6 is 0 Å². The van der Waals surface area contributed by atoms with Crippen LogP contribution in [0.4, 0.5) is 4.39 Å². The van der Waals surface area contributed by atoms with Crippen LogP contribution in [0.5, 0.6) is 5.75 Å². The first kappa shape index (κ1) is 17.9. The third-order valence-corrected chi connectivity index (χ3v) is 4.55. The van der Waals surface area contributed by atoms with E-state index in [0.717, 1.165) is 5.56 Å². The van der Waals surface area contributed by atoms with E-state index in [4.69, 9.17) is 4.74 Å². The number of hydrogen-bond donors (Lipinski definition) is 1. The summed E-state index contributed by atoms with van der Waals surface area (Å²) in [4.78, 5) is 26.3. The molecule has 0 spiro atoms. The van der Waals surface area contributed by atoms with Crippen molar-refractivity contribution in [2.24, 2.45) is 5.92 Å². The monoisotopic (exact) mass is 356 g/mol. The van der Waals surface area contributed by atoms with E-state index in [0.29, 0.717) is 24.4 Å². The molecule has 0 aliphatic carbocycles. The molecule has 2 aromatic rings. The molecular weight excluding hydrogens is 335 g/mol. The highest BCUT2D eigenvalue weighted by Crippen LogP contribution is 2.24.